The number of piperidine rings is 2. The summed E-state index contributed by atoms with van der Waals surface area (Å²) in [6.45, 7) is 4.20. The Labute approximate surface area is 295 Å². The van der Waals surface area contributed by atoms with Gasteiger partial charge >= 0.3 is 0 Å². The molecule has 2 aromatic rings. The van der Waals surface area contributed by atoms with Crippen molar-refractivity contribution in [3.63, 3.8) is 0 Å². The predicted molar refractivity (Wildman–Crippen MR) is 189 cm³/mol. The highest BCUT2D eigenvalue weighted by atomic mass is 16.5. The molecular weight excluding hydrogens is 636 g/mol. The zero-order valence-electron chi connectivity index (χ0n) is 27.8. The molecule has 4 aliphatic carbocycles. The molecule has 2 spiro atoms. The number of likely N-dealkylation sites (tertiary alicyclic amines) is 2. The summed E-state index contributed by atoms with van der Waals surface area (Å²) in [6, 6.07) is 8.04. The highest BCUT2D eigenvalue weighted by Crippen LogP contribution is 2.64. The van der Waals surface area contributed by atoms with Crippen molar-refractivity contribution in [1.82, 2.24) is 9.80 Å². The van der Waals surface area contributed by atoms with Gasteiger partial charge in [-0.15, -0.1) is 0 Å². The van der Waals surface area contributed by atoms with Gasteiger partial charge in [0.2, 0.25) is 0 Å². The van der Waals surface area contributed by atoms with Gasteiger partial charge in [-0.1, -0.05) is 63.4 Å². The zero-order valence-corrected chi connectivity index (χ0v) is 27.8. The van der Waals surface area contributed by atoms with E-state index < -0.39 is 34.2 Å². The van der Waals surface area contributed by atoms with Gasteiger partial charge in [-0.2, -0.15) is 0 Å². The highest BCUT2D eigenvalue weighted by Gasteiger charge is 2.72. The summed E-state index contributed by atoms with van der Waals surface area (Å²) in [5.74, 6) is 1.46. The molecule has 0 radical (unpaired) electrons. The van der Waals surface area contributed by atoms with E-state index in [1.54, 1.807) is 12.2 Å². The van der Waals surface area contributed by atoms with E-state index in [0.717, 1.165) is 66.8 Å². The number of ether oxygens (including phenoxy) is 3. The molecule has 10 atom stereocenters. The summed E-state index contributed by atoms with van der Waals surface area (Å²) in [7, 11) is 4.14. The van der Waals surface area contributed by atoms with Crippen LogP contribution in [0.3, 0.4) is 0 Å². The first-order valence-corrected chi connectivity index (χ1v) is 17.5. The lowest BCUT2D eigenvalue weighted by Crippen LogP contribution is -2.75. The first-order valence-electron chi connectivity index (χ1n) is 17.5. The van der Waals surface area contributed by atoms with Crippen LogP contribution in [0.5, 0.6) is 11.5 Å². The normalized spacial score (nSPS) is 40.2. The lowest BCUT2D eigenvalue weighted by atomic mass is 9.50. The summed E-state index contributed by atoms with van der Waals surface area (Å²) in [5, 5.41) is 53.6. The van der Waals surface area contributed by atoms with E-state index in [9.17, 15) is 25.5 Å². The van der Waals surface area contributed by atoms with Gasteiger partial charge in [0.1, 0.15) is 47.1 Å². The van der Waals surface area contributed by atoms with Crippen molar-refractivity contribution in [3.05, 3.63) is 82.0 Å². The maximum absolute atomic E-state index is 11.9. The number of nitrogens with zero attached hydrogens (tertiary/aromatic N) is 2. The van der Waals surface area contributed by atoms with Crippen molar-refractivity contribution in [3.8, 4) is 11.5 Å². The van der Waals surface area contributed by atoms with Gasteiger partial charge in [-0.05, 0) is 70.9 Å². The average Bonchev–Trinajstić information content (AvgIpc) is 3.62. The van der Waals surface area contributed by atoms with Gasteiger partial charge in [0.25, 0.3) is 0 Å². The van der Waals surface area contributed by atoms with Crippen LogP contribution in [-0.2, 0) is 41.6 Å². The SMILES string of the molecule is C.C.CCO[C@H]1C=C[C@@]2(O)C3Cc4ccc(CO)c5c4[C@@]2(CCN3C)[C@H]1O5.CN1CC[C@]23c4c5ccc(CO)c4O[C@H]2[C@@H](O)C=C[C@@]3(O)C1C5. The second-order valence-electron chi connectivity index (χ2n) is 15.2. The Morgan fingerprint density at radius 3 is 1.74 bits per heavy atom. The number of likely N-dealkylation sites (N-methyl/N-ethyl adjacent to an activating group) is 2. The van der Waals surface area contributed by atoms with Crippen LogP contribution < -0.4 is 9.47 Å². The number of benzene rings is 2. The standard InChI is InChI=1S/C20H25NO4.C18H21NO4.2CH4/c1-3-24-14-6-7-20(23)15-10-12-4-5-13(11-22)17-16(12)19(20,18(14)25-17)8-9-21(15)2;1-19-7-6-17-14-10-2-3-11(9-20)15(14)23-16(17)12(21)4-5-18(17,22)13(19)8-10;;/h4-7,14-15,18,22-23H,3,8-11H2,1-2H3;2-5,12-13,16,20-22H,6-9H2,1H3;2*1H4/t14-,15?,18-,19-,20+;12-,13?,16-,17-,18+;;/m00../s1. The summed E-state index contributed by atoms with van der Waals surface area (Å²) < 4.78 is 18.6. The van der Waals surface area contributed by atoms with Crippen molar-refractivity contribution in [1.29, 1.82) is 0 Å². The quantitative estimate of drug-likeness (QED) is 0.305. The summed E-state index contributed by atoms with van der Waals surface area (Å²) in [5.41, 5.74) is 2.95. The van der Waals surface area contributed by atoms with Crippen LogP contribution in [0, 0.1) is 0 Å². The molecule has 5 N–H and O–H groups in total. The Morgan fingerprint density at radius 1 is 0.760 bits per heavy atom. The molecule has 2 unspecified atom stereocenters. The van der Waals surface area contributed by atoms with Crippen LogP contribution in [0.25, 0.3) is 0 Å². The molecule has 4 aliphatic heterocycles. The lowest BCUT2D eigenvalue weighted by Gasteiger charge is -2.61. The Hall–Kier alpha value is -2.80. The molecule has 10 nitrogen and oxygen atoms in total. The van der Waals surface area contributed by atoms with E-state index in [1.807, 2.05) is 44.3 Å². The molecule has 10 rings (SSSR count). The summed E-state index contributed by atoms with van der Waals surface area (Å²) in [4.78, 5) is 4.49. The summed E-state index contributed by atoms with van der Waals surface area (Å²) >= 11 is 0. The minimum absolute atomic E-state index is 0. The monoisotopic (exact) mass is 690 g/mol. The van der Waals surface area contributed by atoms with Crippen molar-refractivity contribution in [2.75, 3.05) is 33.8 Å². The third kappa shape index (κ3) is 4.02. The van der Waals surface area contributed by atoms with E-state index >= 15 is 0 Å². The molecule has 2 aromatic carbocycles. The molecule has 272 valence electrons. The predicted octanol–water partition coefficient (Wildman–Crippen LogP) is 2.52. The molecule has 8 aliphatic rings. The largest absolute Gasteiger partial charge is 0.486 e. The van der Waals surface area contributed by atoms with Gasteiger partial charge in [-0.3, -0.25) is 9.80 Å². The van der Waals surface area contributed by atoms with Crippen molar-refractivity contribution in [2.24, 2.45) is 0 Å². The molecule has 0 amide bonds. The number of aliphatic hydroxyl groups is 5. The Morgan fingerprint density at radius 2 is 1.24 bits per heavy atom. The Kier molecular flexibility index (Phi) is 8.45. The maximum atomic E-state index is 11.9. The molecular formula is C40H54N2O8. The number of rotatable bonds is 4. The van der Waals surface area contributed by atoms with Gasteiger partial charge in [-0.25, -0.2) is 0 Å². The topological polar surface area (TPSA) is 135 Å². The van der Waals surface area contributed by atoms with Gasteiger partial charge in [0.05, 0.1) is 24.0 Å². The van der Waals surface area contributed by atoms with E-state index in [-0.39, 0.29) is 52.4 Å². The van der Waals surface area contributed by atoms with Crippen LogP contribution in [-0.4, -0.2) is 117 Å². The fourth-order valence-corrected chi connectivity index (χ4v) is 11.3. The molecule has 2 fully saturated rings. The third-order valence-corrected chi connectivity index (χ3v) is 13.5. The van der Waals surface area contributed by atoms with E-state index in [1.165, 1.54) is 11.1 Å². The highest BCUT2D eigenvalue weighted by molar-refractivity contribution is 5.63. The van der Waals surface area contributed by atoms with E-state index in [0.29, 0.717) is 12.4 Å². The van der Waals surface area contributed by atoms with Crippen LogP contribution in [0.2, 0.25) is 0 Å². The number of hydrogen-bond acceptors (Lipinski definition) is 10. The fourth-order valence-electron chi connectivity index (χ4n) is 11.3. The van der Waals surface area contributed by atoms with E-state index in [2.05, 4.69) is 22.9 Å². The lowest BCUT2D eigenvalue weighted by molar-refractivity contribution is -0.157. The minimum atomic E-state index is -1.05. The second-order valence-corrected chi connectivity index (χ2v) is 15.2. The smallest absolute Gasteiger partial charge is 0.141 e. The summed E-state index contributed by atoms with van der Waals surface area (Å²) in [6.07, 6.45) is 8.85. The minimum Gasteiger partial charge on any atom is -0.486 e. The van der Waals surface area contributed by atoms with Gasteiger partial charge in [0, 0.05) is 40.9 Å². The Bertz CT molecular complexity index is 1750. The van der Waals surface area contributed by atoms with Crippen LogP contribution in [0.15, 0.2) is 48.6 Å². The fraction of sp³-hybridized carbons (Fsp3) is 0.600. The van der Waals surface area contributed by atoms with Crippen molar-refractivity contribution in [2.45, 2.75) is 119 Å². The molecule has 0 aromatic heterocycles. The molecule has 4 heterocycles. The van der Waals surface area contributed by atoms with Gasteiger partial charge in [0.15, 0.2) is 0 Å². The van der Waals surface area contributed by atoms with E-state index in [4.69, 9.17) is 14.2 Å². The first kappa shape index (κ1) is 35.6. The number of aliphatic hydroxyl groups excluding tert-OH is 3. The Balaban J connectivity index is 0.000000151. The molecule has 2 saturated heterocycles. The van der Waals surface area contributed by atoms with Crippen LogP contribution in [0.4, 0.5) is 0 Å². The molecule has 50 heavy (non-hydrogen) atoms. The number of hydrogen-bond donors (Lipinski definition) is 5. The average molecular weight is 691 g/mol. The molecule has 10 heteroatoms. The first-order chi connectivity index (χ1) is 23.1. The van der Waals surface area contributed by atoms with Gasteiger partial charge < -0.3 is 39.7 Å². The maximum Gasteiger partial charge on any atom is 0.141 e. The van der Waals surface area contributed by atoms with Crippen LogP contribution >= 0.6 is 0 Å². The van der Waals surface area contributed by atoms with Crippen LogP contribution in [0.1, 0.15) is 68.0 Å². The third-order valence-electron chi connectivity index (χ3n) is 13.5. The zero-order chi connectivity index (χ0) is 33.4. The van der Waals surface area contributed by atoms with Crippen molar-refractivity contribution < 1.29 is 39.7 Å². The molecule has 4 bridgehead atoms. The second kappa shape index (κ2) is 11.9. The van der Waals surface area contributed by atoms with Crippen molar-refractivity contribution >= 4 is 0 Å². The molecule has 0 saturated carbocycles.